The molecule has 1 saturated heterocycles. The van der Waals surface area contributed by atoms with Crippen molar-refractivity contribution in [1.82, 2.24) is 0 Å². The van der Waals surface area contributed by atoms with Crippen LogP contribution in [0.3, 0.4) is 0 Å². The molecule has 0 amide bonds. The molecule has 76 valence electrons. The highest BCUT2D eigenvalue weighted by atomic mass is 32.2. The second-order valence-corrected chi connectivity index (χ2v) is 7.05. The number of hydrogen-bond acceptors (Lipinski definition) is 2. The maximum Gasteiger partial charge on any atom is 0.0487 e. The summed E-state index contributed by atoms with van der Waals surface area (Å²) in [5.41, 5.74) is 0.354. The molecule has 0 aromatic carbocycles. The van der Waals surface area contributed by atoms with E-state index in [0.717, 1.165) is 5.92 Å². The summed E-state index contributed by atoms with van der Waals surface area (Å²) >= 11 is 2.10. The predicted molar refractivity (Wildman–Crippen MR) is 58.0 cm³/mol. The quantitative estimate of drug-likeness (QED) is 0.756. The summed E-state index contributed by atoms with van der Waals surface area (Å²) in [5, 5.41) is 9.28. The molecule has 0 aromatic rings. The van der Waals surface area contributed by atoms with Crippen LogP contribution in [0, 0.1) is 11.3 Å². The van der Waals surface area contributed by atoms with E-state index in [9.17, 15) is 5.11 Å². The number of aliphatic hydroxyl groups excluding tert-OH is 1. The largest absolute Gasteiger partial charge is 0.396 e. The van der Waals surface area contributed by atoms with Crippen molar-refractivity contribution in [3.63, 3.8) is 0 Å². The summed E-state index contributed by atoms with van der Waals surface area (Å²) < 4.78 is 0.463. The van der Waals surface area contributed by atoms with Gasteiger partial charge in [-0.15, -0.1) is 0 Å². The van der Waals surface area contributed by atoms with Crippen molar-refractivity contribution in [3.8, 4) is 0 Å². The van der Waals surface area contributed by atoms with E-state index >= 15 is 0 Å². The van der Waals surface area contributed by atoms with E-state index in [0.29, 0.717) is 16.8 Å². The molecule has 2 rings (SSSR count). The standard InChI is InChI=1S/C11H20OS/c1-10(2)9(3-6-13-10)7-11(8-12)4-5-11/h9,12H,3-8H2,1-2H3. The van der Waals surface area contributed by atoms with Crippen LogP contribution in [0.15, 0.2) is 0 Å². The first kappa shape index (κ1) is 9.85. The molecule has 0 radical (unpaired) electrons. The zero-order chi connectivity index (χ0) is 9.53. The topological polar surface area (TPSA) is 20.2 Å². The van der Waals surface area contributed by atoms with Crippen molar-refractivity contribution >= 4 is 11.8 Å². The van der Waals surface area contributed by atoms with E-state index in [1.165, 1.54) is 31.4 Å². The van der Waals surface area contributed by atoms with Crippen molar-refractivity contribution in [2.45, 2.75) is 44.3 Å². The van der Waals surface area contributed by atoms with Gasteiger partial charge in [0.25, 0.3) is 0 Å². The van der Waals surface area contributed by atoms with Gasteiger partial charge in [-0.05, 0) is 42.8 Å². The maximum absolute atomic E-state index is 9.28. The first-order chi connectivity index (χ1) is 6.08. The first-order valence-corrected chi connectivity index (χ1v) is 6.31. The highest BCUT2D eigenvalue weighted by Crippen LogP contribution is 2.55. The third-order valence-corrected chi connectivity index (χ3v) is 5.41. The lowest BCUT2D eigenvalue weighted by Gasteiger charge is -2.29. The van der Waals surface area contributed by atoms with E-state index in [-0.39, 0.29) is 0 Å². The third-order valence-electron chi connectivity index (χ3n) is 3.90. The van der Waals surface area contributed by atoms with Crippen molar-refractivity contribution < 1.29 is 5.11 Å². The number of rotatable bonds is 3. The van der Waals surface area contributed by atoms with Crippen LogP contribution in [-0.4, -0.2) is 22.2 Å². The molecule has 1 atom stereocenters. The SMILES string of the molecule is CC1(C)SCCC1CC1(CO)CC1. The molecular weight excluding hydrogens is 180 g/mol. The van der Waals surface area contributed by atoms with Crippen LogP contribution in [0.1, 0.15) is 39.5 Å². The monoisotopic (exact) mass is 200 g/mol. The van der Waals surface area contributed by atoms with Gasteiger partial charge in [-0.25, -0.2) is 0 Å². The summed E-state index contributed by atoms with van der Waals surface area (Å²) in [5.74, 6) is 2.16. The van der Waals surface area contributed by atoms with Gasteiger partial charge in [0.15, 0.2) is 0 Å². The van der Waals surface area contributed by atoms with E-state index in [4.69, 9.17) is 0 Å². The van der Waals surface area contributed by atoms with Crippen molar-refractivity contribution in [2.75, 3.05) is 12.4 Å². The van der Waals surface area contributed by atoms with Crippen LogP contribution >= 0.6 is 11.8 Å². The Kier molecular flexibility index (Phi) is 2.40. The van der Waals surface area contributed by atoms with E-state index in [1.807, 2.05) is 0 Å². The van der Waals surface area contributed by atoms with Crippen LogP contribution in [0.25, 0.3) is 0 Å². The molecular formula is C11H20OS. The van der Waals surface area contributed by atoms with Gasteiger partial charge >= 0.3 is 0 Å². The van der Waals surface area contributed by atoms with Crippen LogP contribution in [-0.2, 0) is 0 Å². The lowest BCUT2D eigenvalue weighted by molar-refractivity contribution is 0.176. The van der Waals surface area contributed by atoms with Gasteiger partial charge in [-0.2, -0.15) is 11.8 Å². The number of aliphatic hydroxyl groups is 1. The molecule has 13 heavy (non-hydrogen) atoms. The number of hydrogen-bond donors (Lipinski definition) is 1. The summed E-state index contributed by atoms with van der Waals surface area (Å²) in [4.78, 5) is 0. The van der Waals surface area contributed by atoms with Crippen LogP contribution in [0.5, 0.6) is 0 Å². The Hall–Kier alpha value is 0.310. The Morgan fingerprint density at radius 3 is 2.46 bits per heavy atom. The second kappa shape index (κ2) is 3.16. The molecule has 0 aromatic heterocycles. The third kappa shape index (κ3) is 1.89. The normalized spacial score (nSPS) is 34.8. The molecule has 2 heteroatoms. The van der Waals surface area contributed by atoms with Gasteiger partial charge in [-0.1, -0.05) is 13.8 Å². The van der Waals surface area contributed by atoms with Crippen LogP contribution in [0.4, 0.5) is 0 Å². The average Bonchev–Trinajstić information content (AvgIpc) is 2.76. The van der Waals surface area contributed by atoms with Crippen molar-refractivity contribution in [3.05, 3.63) is 0 Å². The zero-order valence-corrected chi connectivity index (χ0v) is 9.49. The average molecular weight is 200 g/mol. The van der Waals surface area contributed by atoms with Gasteiger partial charge in [0.2, 0.25) is 0 Å². The van der Waals surface area contributed by atoms with Gasteiger partial charge in [-0.3, -0.25) is 0 Å². The lowest BCUT2D eigenvalue weighted by atomic mass is 9.83. The van der Waals surface area contributed by atoms with Gasteiger partial charge in [0.05, 0.1) is 0 Å². The minimum atomic E-state index is 0.354. The second-order valence-electron chi connectivity index (χ2n) is 5.30. The minimum Gasteiger partial charge on any atom is -0.396 e. The van der Waals surface area contributed by atoms with Crippen LogP contribution in [0.2, 0.25) is 0 Å². The Morgan fingerprint density at radius 1 is 1.38 bits per heavy atom. The van der Waals surface area contributed by atoms with Crippen LogP contribution < -0.4 is 0 Å². The molecule has 1 heterocycles. The van der Waals surface area contributed by atoms with E-state index in [1.54, 1.807) is 0 Å². The summed E-state index contributed by atoms with van der Waals surface area (Å²) in [6.07, 6.45) is 5.16. The van der Waals surface area contributed by atoms with E-state index < -0.39 is 0 Å². The molecule has 0 spiro atoms. The van der Waals surface area contributed by atoms with Gasteiger partial charge in [0.1, 0.15) is 0 Å². The summed E-state index contributed by atoms with van der Waals surface area (Å²) in [6.45, 7) is 5.15. The first-order valence-electron chi connectivity index (χ1n) is 5.33. The summed E-state index contributed by atoms with van der Waals surface area (Å²) in [7, 11) is 0. The lowest BCUT2D eigenvalue weighted by Crippen LogP contribution is -2.26. The Bertz CT molecular complexity index is 196. The molecule has 1 aliphatic carbocycles. The predicted octanol–water partition coefficient (Wildman–Crippen LogP) is 2.68. The Morgan fingerprint density at radius 2 is 2.08 bits per heavy atom. The van der Waals surface area contributed by atoms with Gasteiger partial charge < -0.3 is 5.11 Å². The molecule has 1 nitrogen and oxygen atoms in total. The van der Waals surface area contributed by atoms with Gasteiger partial charge in [0, 0.05) is 11.4 Å². The van der Waals surface area contributed by atoms with Crippen molar-refractivity contribution in [2.24, 2.45) is 11.3 Å². The molecule has 1 unspecified atom stereocenters. The smallest absolute Gasteiger partial charge is 0.0487 e. The molecule has 2 fully saturated rings. The fraction of sp³-hybridized carbons (Fsp3) is 1.00. The molecule has 1 saturated carbocycles. The van der Waals surface area contributed by atoms with Crippen molar-refractivity contribution in [1.29, 1.82) is 0 Å². The maximum atomic E-state index is 9.28. The van der Waals surface area contributed by atoms with E-state index in [2.05, 4.69) is 25.6 Å². The fourth-order valence-electron chi connectivity index (χ4n) is 2.40. The highest BCUT2D eigenvalue weighted by molar-refractivity contribution is 8.00. The molecule has 0 bridgehead atoms. The summed E-state index contributed by atoms with van der Waals surface area (Å²) in [6, 6.07) is 0. The number of thioether (sulfide) groups is 1. The zero-order valence-electron chi connectivity index (χ0n) is 8.68. The molecule has 1 aliphatic heterocycles. The molecule has 2 aliphatic rings. The Labute approximate surface area is 85.3 Å². The Balaban J connectivity index is 1.94. The highest BCUT2D eigenvalue weighted by Gasteiger charge is 2.47. The fourth-order valence-corrected chi connectivity index (χ4v) is 3.77. The minimum absolute atomic E-state index is 0.354. The molecule has 1 N–H and O–H groups in total.